The topological polar surface area (TPSA) is 35.5 Å². The molecule has 0 rings (SSSR count). The molecule has 0 aromatic heterocycles. The molecular formula is C6H15F2O3PSi. The number of hydrogen-bond donors (Lipinski definition) is 0. The minimum atomic E-state index is -4.01. The molecule has 0 aliphatic carbocycles. The van der Waals surface area contributed by atoms with Crippen molar-refractivity contribution in [1.82, 2.24) is 0 Å². The van der Waals surface area contributed by atoms with E-state index < -0.39 is 16.3 Å². The van der Waals surface area contributed by atoms with E-state index in [0.717, 1.165) is 6.55 Å². The highest BCUT2D eigenvalue weighted by Gasteiger charge is 2.29. The van der Waals surface area contributed by atoms with Crippen LogP contribution in [0.2, 0.25) is 12.6 Å². The van der Waals surface area contributed by atoms with Gasteiger partial charge in [0.15, 0.2) is 0 Å². The molecule has 0 aliphatic heterocycles. The summed E-state index contributed by atoms with van der Waals surface area (Å²) < 4.78 is 45.5. The van der Waals surface area contributed by atoms with Gasteiger partial charge in [0.05, 0.1) is 6.16 Å². The lowest BCUT2D eigenvalue weighted by Gasteiger charge is -2.13. The first-order valence-electron chi connectivity index (χ1n) is 3.91. The molecule has 0 radical (unpaired) electrons. The standard InChI is InChI=1S/C6H15F2O3PSi/c1-10-12(9,11-2)5-4-6-13(3,7)8/h4-6H2,1-3H3. The van der Waals surface area contributed by atoms with Crippen LogP contribution in [0.25, 0.3) is 0 Å². The Hall–Kier alpha value is 0.227. The molecule has 3 nitrogen and oxygen atoms in total. The Labute approximate surface area is 78.3 Å². The molecule has 80 valence electrons. The fraction of sp³-hybridized carbons (Fsp3) is 1.00. The van der Waals surface area contributed by atoms with Crippen molar-refractivity contribution in [3.8, 4) is 0 Å². The van der Waals surface area contributed by atoms with Gasteiger partial charge in [0, 0.05) is 14.2 Å². The second kappa shape index (κ2) is 5.19. The summed E-state index contributed by atoms with van der Waals surface area (Å²) in [6.07, 6.45) is 0.255. The van der Waals surface area contributed by atoms with E-state index in [2.05, 4.69) is 9.05 Å². The van der Waals surface area contributed by atoms with E-state index >= 15 is 0 Å². The van der Waals surface area contributed by atoms with Crippen molar-refractivity contribution in [2.45, 2.75) is 19.0 Å². The van der Waals surface area contributed by atoms with Crippen LogP contribution in [0, 0.1) is 0 Å². The summed E-state index contributed by atoms with van der Waals surface area (Å²) >= 11 is 0. The van der Waals surface area contributed by atoms with Crippen LogP contribution in [0.15, 0.2) is 0 Å². The molecule has 0 saturated carbocycles. The van der Waals surface area contributed by atoms with Crippen molar-refractivity contribution >= 4 is 16.3 Å². The summed E-state index contributed by atoms with van der Waals surface area (Å²) in [6, 6.07) is -0.163. The average Bonchev–Trinajstić information content (AvgIpc) is 2.02. The van der Waals surface area contributed by atoms with E-state index in [-0.39, 0.29) is 18.6 Å². The van der Waals surface area contributed by atoms with Crippen molar-refractivity contribution in [3.63, 3.8) is 0 Å². The predicted octanol–water partition coefficient (Wildman–Crippen LogP) is 2.87. The van der Waals surface area contributed by atoms with Crippen LogP contribution < -0.4 is 0 Å². The lowest BCUT2D eigenvalue weighted by molar-refractivity contribution is 0.275. The van der Waals surface area contributed by atoms with E-state index in [9.17, 15) is 12.8 Å². The first kappa shape index (κ1) is 13.2. The second-order valence-corrected chi connectivity index (χ2v) is 7.91. The van der Waals surface area contributed by atoms with Gasteiger partial charge in [-0.1, -0.05) is 0 Å². The smallest absolute Gasteiger partial charge is 0.312 e. The molecule has 0 saturated heterocycles. The molecule has 0 N–H and O–H groups in total. The van der Waals surface area contributed by atoms with Gasteiger partial charge in [-0.2, -0.15) is 0 Å². The van der Waals surface area contributed by atoms with Crippen molar-refractivity contribution < 1.29 is 21.8 Å². The summed E-state index contributed by atoms with van der Waals surface area (Å²) in [4.78, 5) is 0. The summed E-state index contributed by atoms with van der Waals surface area (Å²) in [6.45, 7) is 0.970. The Morgan fingerprint density at radius 1 is 1.31 bits per heavy atom. The molecule has 0 spiro atoms. The Morgan fingerprint density at radius 2 is 1.77 bits per heavy atom. The van der Waals surface area contributed by atoms with Crippen molar-refractivity contribution in [1.29, 1.82) is 0 Å². The van der Waals surface area contributed by atoms with Gasteiger partial charge in [-0.15, -0.1) is 0 Å². The Balaban J connectivity index is 3.82. The van der Waals surface area contributed by atoms with Crippen LogP contribution in [0.5, 0.6) is 0 Å². The molecule has 0 aromatic rings. The fourth-order valence-corrected chi connectivity index (χ4v) is 3.00. The molecule has 7 heteroatoms. The van der Waals surface area contributed by atoms with E-state index in [4.69, 9.17) is 0 Å². The Bertz CT molecular complexity index is 187. The van der Waals surface area contributed by atoms with Gasteiger partial charge in [-0.3, -0.25) is 12.8 Å². The van der Waals surface area contributed by atoms with Gasteiger partial charge in [0.2, 0.25) is 0 Å². The summed E-state index contributed by atoms with van der Waals surface area (Å²) in [5.41, 5.74) is 0. The van der Waals surface area contributed by atoms with Gasteiger partial charge in [-0.25, -0.2) is 0 Å². The van der Waals surface area contributed by atoms with Crippen LogP contribution >= 0.6 is 7.60 Å². The third-order valence-corrected chi connectivity index (χ3v) is 4.81. The summed E-state index contributed by atoms with van der Waals surface area (Å²) in [5.74, 6) is 0. The molecule has 0 amide bonds. The SMILES string of the molecule is COP(=O)(CCC[Si](C)(F)F)OC. The molecule has 0 atom stereocenters. The molecule has 0 heterocycles. The predicted molar refractivity (Wildman–Crippen MR) is 49.7 cm³/mol. The van der Waals surface area contributed by atoms with E-state index in [0.29, 0.717) is 0 Å². The van der Waals surface area contributed by atoms with Gasteiger partial charge in [-0.05, 0) is 19.0 Å². The first-order chi connectivity index (χ1) is 5.83. The molecule has 0 unspecified atom stereocenters. The zero-order valence-electron chi connectivity index (χ0n) is 8.05. The fourth-order valence-electron chi connectivity index (χ4n) is 0.840. The highest BCUT2D eigenvalue weighted by atomic mass is 31.2. The first-order valence-corrected chi connectivity index (χ1v) is 8.10. The lowest BCUT2D eigenvalue weighted by Crippen LogP contribution is -2.16. The molecule has 0 fully saturated rings. The largest absolute Gasteiger partial charge is 0.422 e. The van der Waals surface area contributed by atoms with E-state index in [1.165, 1.54) is 14.2 Å². The van der Waals surface area contributed by atoms with Crippen LogP contribution in [0.3, 0.4) is 0 Å². The second-order valence-electron chi connectivity index (χ2n) is 2.87. The number of hydrogen-bond acceptors (Lipinski definition) is 3. The van der Waals surface area contributed by atoms with E-state index in [1.54, 1.807) is 0 Å². The summed E-state index contributed by atoms with van der Waals surface area (Å²) in [7, 11) is -4.58. The third-order valence-electron chi connectivity index (χ3n) is 1.60. The van der Waals surface area contributed by atoms with Crippen molar-refractivity contribution in [2.75, 3.05) is 20.4 Å². The van der Waals surface area contributed by atoms with Crippen LogP contribution in [-0.2, 0) is 13.6 Å². The highest BCUT2D eigenvalue weighted by Crippen LogP contribution is 2.47. The van der Waals surface area contributed by atoms with Gasteiger partial charge < -0.3 is 9.05 Å². The summed E-state index contributed by atoms with van der Waals surface area (Å²) in [5, 5.41) is 0. The third kappa shape index (κ3) is 6.32. The lowest BCUT2D eigenvalue weighted by atomic mass is 10.6. The molecule has 0 bridgehead atoms. The van der Waals surface area contributed by atoms with E-state index in [1.807, 2.05) is 0 Å². The minimum Gasteiger partial charge on any atom is -0.312 e. The van der Waals surface area contributed by atoms with Crippen LogP contribution in [0.4, 0.5) is 8.22 Å². The molecule has 13 heavy (non-hydrogen) atoms. The normalized spacial score (nSPS) is 13.3. The maximum Gasteiger partial charge on any atom is 0.422 e. The molecular weight excluding hydrogens is 217 g/mol. The van der Waals surface area contributed by atoms with Crippen molar-refractivity contribution in [2.24, 2.45) is 0 Å². The van der Waals surface area contributed by atoms with Gasteiger partial charge in [0.25, 0.3) is 0 Å². The monoisotopic (exact) mass is 232 g/mol. The van der Waals surface area contributed by atoms with Crippen molar-refractivity contribution in [3.05, 3.63) is 0 Å². The average molecular weight is 232 g/mol. The van der Waals surface area contributed by atoms with Crippen LogP contribution in [-0.4, -0.2) is 29.1 Å². The zero-order valence-corrected chi connectivity index (χ0v) is 9.94. The maximum absolute atomic E-state index is 12.5. The number of rotatable bonds is 6. The van der Waals surface area contributed by atoms with Gasteiger partial charge >= 0.3 is 16.3 Å². The molecule has 0 aliphatic rings. The number of halogens is 2. The molecule has 0 aromatic carbocycles. The minimum absolute atomic E-state index is 0.0659. The quantitative estimate of drug-likeness (QED) is 0.401. The Kier molecular flexibility index (Phi) is 5.28. The Morgan fingerprint density at radius 3 is 2.08 bits per heavy atom. The van der Waals surface area contributed by atoms with Crippen LogP contribution in [0.1, 0.15) is 6.42 Å². The maximum atomic E-state index is 12.5. The van der Waals surface area contributed by atoms with Gasteiger partial charge in [0.1, 0.15) is 0 Å². The zero-order chi connectivity index (χ0) is 10.5. The highest BCUT2D eigenvalue weighted by molar-refractivity contribution is 7.53.